The number of carboxylic acids is 1. The molecule has 8 nitrogen and oxygen atoms in total. The van der Waals surface area contributed by atoms with Gasteiger partial charge in [-0.15, -0.1) is 0 Å². The van der Waals surface area contributed by atoms with E-state index in [2.05, 4.69) is 4.98 Å². The SMILES string of the molecule is CCCOc1ccc2c(c1OC)CC(C(=O)O)(c1ccccc1OCc1ccccn1)C2c1ccc2c(c1)OCO2. The first-order valence-electron chi connectivity index (χ1n) is 13.6. The van der Waals surface area contributed by atoms with Gasteiger partial charge in [0.05, 0.1) is 19.4 Å². The molecule has 2 atom stereocenters. The van der Waals surface area contributed by atoms with Crippen molar-refractivity contribution in [3.8, 4) is 28.7 Å². The van der Waals surface area contributed by atoms with Crippen molar-refractivity contribution in [1.82, 2.24) is 4.98 Å². The summed E-state index contributed by atoms with van der Waals surface area (Å²) in [5.41, 5.74) is 2.33. The molecule has 8 heteroatoms. The molecule has 3 aromatic carbocycles. The van der Waals surface area contributed by atoms with Crippen LogP contribution in [0.5, 0.6) is 28.7 Å². The monoisotopic (exact) mass is 553 g/mol. The van der Waals surface area contributed by atoms with Crippen LogP contribution in [0.3, 0.4) is 0 Å². The highest BCUT2D eigenvalue weighted by Gasteiger charge is 2.56. The van der Waals surface area contributed by atoms with Crippen LogP contribution in [-0.2, 0) is 23.2 Å². The Morgan fingerprint density at radius 3 is 2.61 bits per heavy atom. The van der Waals surface area contributed by atoms with E-state index in [1.54, 1.807) is 13.3 Å². The summed E-state index contributed by atoms with van der Waals surface area (Å²) in [6, 6.07) is 22.4. The maximum absolute atomic E-state index is 13.7. The average molecular weight is 554 g/mol. The topological polar surface area (TPSA) is 96.3 Å². The maximum atomic E-state index is 13.7. The highest BCUT2D eigenvalue weighted by molar-refractivity contribution is 5.88. The van der Waals surface area contributed by atoms with Crippen molar-refractivity contribution in [3.63, 3.8) is 0 Å². The van der Waals surface area contributed by atoms with Gasteiger partial charge in [0.25, 0.3) is 0 Å². The molecule has 0 amide bonds. The summed E-state index contributed by atoms with van der Waals surface area (Å²) < 4.78 is 29.4. The predicted octanol–water partition coefficient (Wildman–Crippen LogP) is 5.90. The number of hydrogen-bond acceptors (Lipinski definition) is 7. The van der Waals surface area contributed by atoms with Crippen molar-refractivity contribution < 1.29 is 33.6 Å². The van der Waals surface area contributed by atoms with Gasteiger partial charge in [-0.3, -0.25) is 9.78 Å². The molecular formula is C33H31NO7. The first-order chi connectivity index (χ1) is 20.1. The average Bonchev–Trinajstić information content (AvgIpc) is 3.62. The molecule has 4 aromatic rings. The Kier molecular flexibility index (Phi) is 7.14. The number of para-hydroxylation sites is 1. The molecule has 0 saturated carbocycles. The summed E-state index contributed by atoms with van der Waals surface area (Å²) in [5, 5.41) is 11.2. The molecule has 0 saturated heterocycles. The third-order valence-electron chi connectivity index (χ3n) is 7.77. The van der Waals surface area contributed by atoms with Gasteiger partial charge in [-0.2, -0.15) is 0 Å². The molecule has 1 N–H and O–H groups in total. The number of carbonyl (C=O) groups is 1. The lowest BCUT2D eigenvalue weighted by Crippen LogP contribution is -2.41. The summed E-state index contributed by atoms with van der Waals surface area (Å²) in [6.07, 6.45) is 2.71. The summed E-state index contributed by atoms with van der Waals surface area (Å²) in [7, 11) is 1.59. The number of ether oxygens (including phenoxy) is 5. The van der Waals surface area contributed by atoms with Gasteiger partial charge in [0.1, 0.15) is 17.8 Å². The number of benzene rings is 3. The molecular weight excluding hydrogens is 522 g/mol. The number of methoxy groups -OCH3 is 1. The molecule has 0 fully saturated rings. The van der Waals surface area contributed by atoms with Gasteiger partial charge in [-0.25, -0.2) is 0 Å². The van der Waals surface area contributed by atoms with Crippen LogP contribution in [0.15, 0.2) is 79.0 Å². The quantitative estimate of drug-likeness (QED) is 0.259. The number of rotatable bonds is 10. The Labute approximate surface area is 238 Å². The fraction of sp³-hybridized carbons (Fsp3) is 0.273. The second kappa shape index (κ2) is 11.0. The molecule has 1 aliphatic carbocycles. The molecule has 0 radical (unpaired) electrons. The highest BCUT2D eigenvalue weighted by atomic mass is 16.7. The van der Waals surface area contributed by atoms with Crippen molar-refractivity contribution >= 4 is 5.97 Å². The van der Waals surface area contributed by atoms with E-state index in [-0.39, 0.29) is 19.8 Å². The van der Waals surface area contributed by atoms with Gasteiger partial charge in [0, 0.05) is 23.2 Å². The smallest absolute Gasteiger partial charge is 0.315 e. The molecule has 2 heterocycles. The Hall–Kier alpha value is -4.72. The zero-order chi connectivity index (χ0) is 28.4. The number of aromatic nitrogens is 1. The minimum absolute atomic E-state index is 0.125. The Morgan fingerprint density at radius 2 is 1.83 bits per heavy atom. The van der Waals surface area contributed by atoms with E-state index in [1.165, 1.54) is 0 Å². The summed E-state index contributed by atoms with van der Waals surface area (Å²) in [6.45, 7) is 2.88. The van der Waals surface area contributed by atoms with Crippen LogP contribution in [0.25, 0.3) is 0 Å². The van der Waals surface area contributed by atoms with Crippen LogP contribution >= 0.6 is 0 Å². The van der Waals surface area contributed by atoms with Crippen molar-refractivity contribution in [2.24, 2.45) is 0 Å². The maximum Gasteiger partial charge on any atom is 0.315 e. The van der Waals surface area contributed by atoms with Gasteiger partial charge in [0.2, 0.25) is 6.79 Å². The van der Waals surface area contributed by atoms with E-state index < -0.39 is 17.3 Å². The number of carboxylic acid groups (broad SMARTS) is 1. The molecule has 2 aliphatic rings. The molecule has 6 rings (SSSR count). The molecule has 0 bridgehead atoms. The number of aliphatic carboxylic acids is 1. The third kappa shape index (κ3) is 4.59. The lowest BCUT2D eigenvalue weighted by Gasteiger charge is -2.34. The van der Waals surface area contributed by atoms with Crippen molar-refractivity contribution in [3.05, 3.63) is 107 Å². The number of fused-ring (bicyclic) bond motifs is 2. The summed E-state index contributed by atoms with van der Waals surface area (Å²) in [4.78, 5) is 18.1. The first kappa shape index (κ1) is 26.5. The van der Waals surface area contributed by atoms with Gasteiger partial charge in [-0.05, 0) is 60.4 Å². The molecule has 1 aromatic heterocycles. The second-order valence-electron chi connectivity index (χ2n) is 10.1. The Balaban J connectivity index is 1.54. The Bertz CT molecular complexity index is 1570. The van der Waals surface area contributed by atoms with E-state index in [9.17, 15) is 9.90 Å². The zero-order valence-corrected chi connectivity index (χ0v) is 23.0. The number of pyridine rings is 1. The van der Waals surface area contributed by atoms with Gasteiger partial charge in [0.15, 0.2) is 23.0 Å². The predicted molar refractivity (Wildman–Crippen MR) is 151 cm³/mol. The minimum Gasteiger partial charge on any atom is -0.493 e. The normalized spacial score (nSPS) is 18.5. The highest BCUT2D eigenvalue weighted by Crippen LogP contribution is 2.58. The van der Waals surface area contributed by atoms with Crippen LogP contribution in [-0.4, -0.2) is 36.6 Å². The zero-order valence-electron chi connectivity index (χ0n) is 23.0. The lowest BCUT2D eigenvalue weighted by atomic mass is 9.67. The molecule has 1 aliphatic heterocycles. The van der Waals surface area contributed by atoms with Crippen LogP contribution in [0, 0.1) is 0 Å². The number of hydrogen-bond donors (Lipinski definition) is 1. The van der Waals surface area contributed by atoms with Gasteiger partial charge in [-0.1, -0.05) is 43.3 Å². The Morgan fingerprint density at radius 1 is 1.00 bits per heavy atom. The molecule has 210 valence electrons. The first-order valence-corrected chi connectivity index (χ1v) is 13.6. The van der Waals surface area contributed by atoms with E-state index in [0.29, 0.717) is 40.9 Å². The van der Waals surface area contributed by atoms with Crippen molar-refractivity contribution in [2.45, 2.75) is 37.7 Å². The molecule has 0 spiro atoms. The van der Waals surface area contributed by atoms with E-state index in [0.717, 1.165) is 28.8 Å². The van der Waals surface area contributed by atoms with Crippen molar-refractivity contribution in [1.29, 1.82) is 0 Å². The fourth-order valence-corrected chi connectivity index (χ4v) is 5.99. The standard InChI is InChI=1S/C33H31NO7/c1-3-16-38-28-14-12-23-24(31(28)37-2)18-33(32(35)36,30(23)21-11-13-27-29(17-21)41-20-40-27)25-9-4-5-10-26(25)39-19-22-8-6-7-15-34-22/h4-15,17,30H,3,16,18-20H2,1-2H3,(H,35,36). The van der Waals surface area contributed by atoms with E-state index >= 15 is 0 Å². The number of nitrogens with zero attached hydrogens (tertiary/aromatic N) is 1. The summed E-state index contributed by atoms with van der Waals surface area (Å²) >= 11 is 0. The summed E-state index contributed by atoms with van der Waals surface area (Å²) in [5.74, 6) is 1.30. The van der Waals surface area contributed by atoms with E-state index in [1.807, 2.05) is 79.7 Å². The van der Waals surface area contributed by atoms with Crippen LogP contribution in [0.4, 0.5) is 0 Å². The van der Waals surface area contributed by atoms with Gasteiger partial charge < -0.3 is 28.8 Å². The van der Waals surface area contributed by atoms with Crippen molar-refractivity contribution in [2.75, 3.05) is 20.5 Å². The third-order valence-corrected chi connectivity index (χ3v) is 7.77. The van der Waals surface area contributed by atoms with Gasteiger partial charge >= 0.3 is 5.97 Å². The van der Waals surface area contributed by atoms with Crippen LogP contribution in [0.2, 0.25) is 0 Å². The second-order valence-corrected chi connectivity index (χ2v) is 10.1. The minimum atomic E-state index is -1.42. The fourth-order valence-electron chi connectivity index (χ4n) is 5.99. The molecule has 41 heavy (non-hydrogen) atoms. The van der Waals surface area contributed by atoms with Crippen LogP contribution < -0.4 is 23.7 Å². The van der Waals surface area contributed by atoms with Crippen LogP contribution in [0.1, 0.15) is 47.2 Å². The lowest BCUT2D eigenvalue weighted by molar-refractivity contribution is -0.144. The largest absolute Gasteiger partial charge is 0.493 e. The molecule has 2 unspecified atom stereocenters. The van der Waals surface area contributed by atoms with E-state index in [4.69, 9.17) is 23.7 Å².